The van der Waals surface area contributed by atoms with Gasteiger partial charge in [-0.3, -0.25) is 0 Å². The van der Waals surface area contributed by atoms with Crippen molar-refractivity contribution in [2.24, 2.45) is 0 Å². The van der Waals surface area contributed by atoms with Gasteiger partial charge < -0.3 is 5.73 Å². The van der Waals surface area contributed by atoms with E-state index in [1.54, 1.807) is 12.1 Å². The van der Waals surface area contributed by atoms with Crippen molar-refractivity contribution < 1.29 is 4.39 Å². The summed E-state index contributed by atoms with van der Waals surface area (Å²) >= 11 is 4.67. The van der Waals surface area contributed by atoms with E-state index < -0.39 is 0 Å². The second-order valence-electron chi connectivity index (χ2n) is 3.70. The largest absolute Gasteiger partial charge is 0.383 e. The van der Waals surface area contributed by atoms with E-state index in [-0.39, 0.29) is 5.82 Å². The Hall–Kier alpha value is -1.53. The SMILES string of the molecule is Nc1nc(-c2ccc(Br)cc2F)nc2sccc12. The van der Waals surface area contributed by atoms with Crippen LogP contribution in [0.5, 0.6) is 0 Å². The third-order valence-electron chi connectivity index (χ3n) is 2.53. The number of fused-ring (bicyclic) bond motifs is 1. The smallest absolute Gasteiger partial charge is 0.166 e. The lowest BCUT2D eigenvalue weighted by Crippen LogP contribution is -1.97. The Kier molecular flexibility index (Phi) is 2.76. The third-order valence-corrected chi connectivity index (χ3v) is 3.83. The normalized spacial score (nSPS) is 11.0. The van der Waals surface area contributed by atoms with Gasteiger partial charge in [-0.15, -0.1) is 11.3 Å². The molecule has 0 saturated heterocycles. The predicted octanol–water partition coefficient (Wildman–Crippen LogP) is 3.84. The molecule has 0 amide bonds. The van der Waals surface area contributed by atoms with Crippen molar-refractivity contribution >= 4 is 43.3 Å². The van der Waals surface area contributed by atoms with E-state index in [1.807, 2.05) is 11.4 Å². The maximum atomic E-state index is 13.8. The molecule has 0 unspecified atom stereocenters. The lowest BCUT2D eigenvalue weighted by molar-refractivity contribution is 0.629. The first-order valence-corrected chi connectivity index (χ1v) is 6.78. The Morgan fingerprint density at radius 3 is 2.83 bits per heavy atom. The summed E-state index contributed by atoms with van der Waals surface area (Å²) in [5, 5.41) is 2.69. The fourth-order valence-electron chi connectivity index (χ4n) is 1.67. The molecule has 0 aliphatic rings. The number of anilines is 1. The van der Waals surface area contributed by atoms with Crippen LogP contribution in [0.2, 0.25) is 0 Å². The molecule has 2 aromatic heterocycles. The Labute approximate surface area is 115 Å². The number of nitrogens with two attached hydrogens (primary N) is 1. The molecule has 0 fully saturated rings. The molecule has 0 aliphatic carbocycles. The summed E-state index contributed by atoms with van der Waals surface area (Å²) in [4.78, 5) is 9.24. The third kappa shape index (κ3) is 1.87. The molecule has 3 rings (SSSR count). The van der Waals surface area contributed by atoms with Crippen molar-refractivity contribution in [1.82, 2.24) is 9.97 Å². The molecule has 2 heterocycles. The van der Waals surface area contributed by atoms with E-state index in [2.05, 4.69) is 25.9 Å². The van der Waals surface area contributed by atoms with Gasteiger partial charge in [-0.25, -0.2) is 14.4 Å². The maximum Gasteiger partial charge on any atom is 0.166 e. The van der Waals surface area contributed by atoms with E-state index >= 15 is 0 Å². The van der Waals surface area contributed by atoms with Gasteiger partial charge in [0, 0.05) is 4.47 Å². The molecule has 6 heteroatoms. The zero-order valence-corrected chi connectivity index (χ0v) is 11.4. The van der Waals surface area contributed by atoms with Gasteiger partial charge in [-0.1, -0.05) is 15.9 Å². The average molecular weight is 324 g/mol. The molecule has 90 valence electrons. The van der Waals surface area contributed by atoms with Crippen LogP contribution < -0.4 is 5.73 Å². The molecule has 0 atom stereocenters. The molecule has 3 aromatic rings. The van der Waals surface area contributed by atoms with Crippen molar-refractivity contribution in [3.05, 3.63) is 39.9 Å². The van der Waals surface area contributed by atoms with Crippen molar-refractivity contribution in [3.63, 3.8) is 0 Å². The molecule has 3 nitrogen and oxygen atoms in total. The van der Waals surface area contributed by atoms with Crippen molar-refractivity contribution in [3.8, 4) is 11.4 Å². The van der Waals surface area contributed by atoms with Crippen LogP contribution in [0, 0.1) is 5.82 Å². The first-order valence-electron chi connectivity index (χ1n) is 5.11. The minimum Gasteiger partial charge on any atom is -0.383 e. The molecule has 2 N–H and O–H groups in total. The molecule has 0 aliphatic heterocycles. The van der Waals surface area contributed by atoms with Crippen LogP contribution in [0.3, 0.4) is 0 Å². The highest BCUT2D eigenvalue weighted by atomic mass is 79.9. The second kappa shape index (κ2) is 4.29. The summed E-state index contributed by atoms with van der Waals surface area (Å²) in [5.74, 6) is 0.311. The predicted molar refractivity (Wildman–Crippen MR) is 74.9 cm³/mol. The lowest BCUT2D eigenvalue weighted by Gasteiger charge is -2.04. The quantitative estimate of drug-likeness (QED) is 0.740. The van der Waals surface area contributed by atoms with Gasteiger partial charge in [0.25, 0.3) is 0 Å². The van der Waals surface area contributed by atoms with Gasteiger partial charge in [0.1, 0.15) is 16.5 Å². The Bertz CT molecular complexity index is 741. The van der Waals surface area contributed by atoms with E-state index in [0.29, 0.717) is 21.7 Å². The van der Waals surface area contributed by atoms with Crippen LogP contribution in [0.25, 0.3) is 21.6 Å². The average Bonchev–Trinajstić information content (AvgIpc) is 2.77. The minimum absolute atomic E-state index is 0.312. The Morgan fingerprint density at radius 2 is 2.06 bits per heavy atom. The molecular formula is C12H7BrFN3S. The number of rotatable bonds is 1. The number of nitrogen functional groups attached to an aromatic ring is 1. The van der Waals surface area contributed by atoms with Crippen LogP contribution in [0.4, 0.5) is 10.2 Å². The number of halogens is 2. The van der Waals surface area contributed by atoms with E-state index in [9.17, 15) is 4.39 Å². The standard InChI is InChI=1S/C12H7BrFN3S/c13-6-1-2-7(9(14)5-6)11-16-10(15)8-3-4-18-12(8)17-11/h1-5H,(H2,15,16,17). The molecule has 0 radical (unpaired) electrons. The van der Waals surface area contributed by atoms with E-state index in [1.165, 1.54) is 17.4 Å². The highest BCUT2D eigenvalue weighted by molar-refractivity contribution is 9.10. The van der Waals surface area contributed by atoms with Gasteiger partial charge in [0.2, 0.25) is 0 Å². The zero-order chi connectivity index (χ0) is 12.7. The highest BCUT2D eigenvalue weighted by Crippen LogP contribution is 2.28. The van der Waals surface area contributed by atoms with Crippen LogP contribution in [-0.2, 0) is 0 Å². The van der Waals surface area contributed by atoms with Crippen molar-refractivity contribution in [2.45, 2.75) is 0 Å². The summed E-state index contributed by atoms with van der Waals surface area (Å²) in [6.45, 7) is 0. The number of aromatic nitrogens is 2. The maximum absolute atomic E-state index is 13.8. The molecule has 0 bridgehead atoms. The van der Waals surface area contributed by atoms with Crippen LogP contribution >= 0.6 is 27.3 Å². The summed E-state index contributed by atoms with van der Waals surface area (Å²) < 4.78 is 14.5. The summed E-state index contributed by atoms with van der Waals surface area (Å²) in [7, 11) is 0. The second-order valence-corrected chi connectivity index (χ2v) is 5.51. The number of hydrogen-bond acceptors (Lipinski definition) is 4. The molecule has 1 aromatic carbocycles. The number of thiophene rings is 1. The first-order chi connectivity index (χ1) is 8.65. The first kappa shape index (κ1) is 11.6. The summed E-state index contributed by atoms with van der Waals surface area (Å²) in [6.07, 6.45) is 0. The van der Waals surface area contributed by atoms with Crippen LogP contribution in [-0.4, -0.2) is 9.97 Å². The van der Waals surface area contributed by atoms with Gasteiger partial charge in [-0.05, 0) is 29.6 Å². The Morgan fingerprint density at radius 1 is 1.22 bits per heavy atom. The highest BCUT2D eigenvalue weighted by Gasteiger charge is 2.12. The number of nitrogens with zero attached hydrogens (tertiary/aromatic N) is 2. The number of benzene rings is 1. The molecule has 18 heavy (non-hydrogen) atoms. The molecule has 0 spiro atoms. The zero-order valence-electron chi connectivity index (χ0n) is 9.02. The van der Waals surface area contributed by atoms with Gasteiger partial charge in [0.15, 0.2) is 5.82 Å². The van der Waals surface area contributed by atoms with Crippen LogP contribution in [0.15, 0.2) is 34.1 Å². The fraction of sp³-hybridized carbons (Fsp3) is 0. The van der Waals surface area contributed by atoms with E-state index in [4.69, 9.17) is 5.73 Å². The molecular weight excluding hydrogens is 317 g/mol. The molecule has 0 saturated carbocycles. The fourth-order valence-corrected chi connectivity index (χ4v) is 2.77. The topological polar surface area (TPSA) is 51.8 Å². The Balaban J connectivity index is 2.24. The van der Waals surface area contributed by atoms with Crippen molar-refractivity contribution in [2.75, 3.05) is 5.73 Å². The minimum atomic E-state index is -0.375. The lowest BCUT2D eigenvalue weighted by atomic mass is 10.2. The van der Waals surface area contributed by atoms with Crippen LogP contribution in [0.1, 0.15) is 0 Å². The summed E-state index contributed by atoms with van der Waals surface area (Å²) in [5.41, 5.74) is 6.19. The summed E-state index contributed by atoms with van der Waals surface area (Å²) in [6, 6.07) is 6.62. The van der Waals surface area contributed by atoms with E-state index in [0.717, 1.165) is 10.2 Å². The van der Waals surface area contributed by atoms with Gasteiger partial charge in [-0.2, -0.15) is 0 Å². The monoisotopic (exact) mass is 323 g/mol. The van der Waals surface area contributed by atoms with Gasteiger partial charge >= 0.3 is 0 Å². The number of hydrogen-bond donors (Lipinski definition) is 1. The van der Waals surface area contributed by atoms with Crippen molar-refractivity contribution in [1.29, 1.82) is 0 Å². The van der Waals surface area contributed by atoms with Gasteiger partial charge in [0.05, 0.1) is 10.9 Å².